The van der Waals surface area contributed by atoms with Crippen LogP contribution >= 0.6 is 0 Å². The number of hydrogen-bond acceptors (Lipinski definition) is 6. The van der Waals surface area contributed by atoms with Crippen molar-refractivity contribution in [1.82, 2.24) is 15.5 Å². The molecule has 0 aliphatic carbocycles. The molecule has 1 fully saturated rings. The van der Waals surface area contributed by atoms with E-state index in [-0.39, 0.29) is 18.1 Å². The summed E-state index contributed by atoms with van der Waals surface area (Å²) in [4.78, 5) is 16.3. The van der Waals surface area contributed by atoms with E-state index < -0.39 is 0 Å². The number of aromatic nitrogens is 2. The number of carbonyl (C=O) groups is 1. The van der Waals surface area contributed by atoms with Crippen LogP contribution < -0.4 is 5.32 Å². The fourth-order valence-electron chi connectivity index (χ4n) is 2.89. The lowest BCUT2D eigenvalue weighted by Gasteiger charge is -2.32. The molecule has 2 aromatic heterocycles. The third-order valence-corrected chi connectivity index (χ3v) is 4.36. The van der Waals surface area contributed by atoms with Crippen molar-refractivity contribution in [2.75, 3.05) is 13.2 Å². The highest BCUT2D eigenvalue weighted by Gasteiger charge is 2.28. The van der Waals surface area contributed by atoms with E-state index in [0.717, 1.165) is 29.0 Å². The van der Waals surface area contributed by atoms with E-state index in [9.17, 15) is 4.79 Å². The first-order chi connectivity index (χ1) is 12.1. The number of aryl methyl sites for hydroxylation is 2. The Bertz CT molecular complexity index is 682. The van der Waals surface area contributed by atoms with Crippen molar-refractivity contribution in [3.63, 3.8) is 0 Å². The highest BCUT2D eigenvalue weighted by molar-refractivity contribution is 5.78. The van der Waals surface area contributed by atoms with E-state index in [0.29, 0.717) is 26.2 Å². The molecule has 0 saturated carbocycles. The van der Waals surface area contributed by atoms with Gasteiger partial charge in [-0.25, -0.2) is 0 Å². The summed E-state index contributed by atoms with van der Waals surface area (Å²) in [5, 5.41) is 7.00. The predicted octanol–water partition coefficient (Wildman–Crippen LogP) is 1.72. The van der Waals surface area contributed by atoms with Gasteiger partial charge in [0.1, 0.15) is 11.9 Å². The zero-order chi connectivity index (χ0) is 17.6. The SMILES string of the molecule is Cc1noc(C)c1CO[C@@H]1COCC[C@H]1NC(=O)Cc1cccnc1. The molecule has 7 nitrogen and oxygen atoms in total. The van der Waals surface area contributed by atoms with Gasteiger partial charge < -0.3 is 19.3 Å². The van der Waals surface area contributed by atoms with Gasteiger partial charge in [-0.15, -0.1) is 0 Å². The molecule has 2 aromatic rings. The first-order valence-corrected chi connectivity index (χ1v) is 8.43. The Hall–Kier alpha value is -2.25. The second-order valence-corrected chi connectivity index (χ2v) is 6.23. The van der Waals surface area contributed by atoms with Gasteiger partial charge in [0, 0.05) is 24.6 Å². The van der Waals surface area contributed by atoms with Gasteiger partial charge in [0.05, 0.1) is 31.4 Å². The summed E-state index contributed by atoms with van der Waals surface area (Å²) in [7, 11) is 0. The number of carbonyl (C=O) groups excluding carboxylic acids is 1. The van der Waals surface area contributed by atoms with Crippen molar-refractivity contribution >= 4 is 5.91 Å². The Balaban J connectivity index is 1.56. The number of ether oxygens (including phenoxy) is 2. The summed E-state index contributed by atoms with van der Waals surface area (Å²) in [5.41, 5.74) is 2.66. The third kappa shape index (κ3) is 4.64. The Morgan fingerprint density at radius 1 is 1.44 bits per heavy atom. The first kappa shape index (κ1) is 17.6. The molecular formula is C18H23N3O4. The number of rotatable bonds is 6. The van der Waals surface area contributed by atoms with Crippen LogP contribution in [0.5, 0.6) is 0 Å². The molecule has 1 aliphatic rings. The van der Waals surface area contributed by atoms with Gasteiger partial charge in [0.25, 0.3) is 0 Å². The van der Waals surface area contributed by atoms with Crippen LogP contribution in [-0.2, 0) is 27.3 Å². The molecule has 3 rings (SSSR count). The molecule has 0 bridgehead atoms. The highest BCUT2D eigenvalue weighted by Crippen LogP contribution is 2.18. The standard InChI is InChI=1S/C18H23N3O4/c1-12-15(13(2)25-21-12)10-24-17-11-23-7-5-16(17)20-18(22)8-14-4-3-6-19-9-14/h3-4,6,9,16-17H,5,7-8,10-11H2,1-2H3,(H,20,22)/t16-,17-/m1/s1. The molecule has 3 heterocycles. The lowest BCUT2D eigenvalue weighted by molar-refractivity contribution is -0.126. The van der Waals surface area contributed by atoms with Crippen molar-refractivity contribution in [3.05, 3.63) is 47.1 Å². The van der Waals surface area contributed by atoms with E-state index in [4.69, 9.17) is 14.0 Å². The van der Waals surface area contributed by atoms with Crippen molar-refractivity contribution in [1.29, 1.82) is 0 Å². The number of pyridine rings is 1. The maximum Gasteiger partial charge on any atom is 0.224 e. The average molecular weight is 345 g/mol. The summed E-state index contributed by atoms with van der Waals surface area (Å²) in [6.07, 6.45) is 4.24. The summed E-state index contributed by atoms with van der Waals surface area (Å²) in [6.45, 7) is 5.22. The Morgan fingerprint density at radius 3 is 3.04 bits per heavy atom. The zero-order valence-corrected chi connectivity index (χ0v) is 14.5. The first-order valence-electron chi connectivity index (χ1n) is 8.43. The molecule has 7 heteroatoms. The molecule has 0 radical (unpaired) electrons. The largest absolute Gasteiger partial charge is 0.379 e. The monoisotopic (exact) mass is 345 g/mol. The zero-order valence-electron chi connectivity index (χ0n) is 14.5. The van der Waals surface area contributed by atoms with E-state index in [1.54, 1.807) is 12.4 Å². The van der Waals surface area contributed by atoms with Crippen LogP contribution in [0.3, 0.4) is 0 Å². The minimum Gasteiger partial charge on any atom is -0.379 e. The van der Waals surface area contributed by atoms with Crippen LogP contribution in [0, 0.1) is 13.8 Å². The summed E-state index contributed by atoms with van der Waals surface area (Å²) in [6, 6.07) is 3.65. The lowest BCUT2D eigenvalue weighted by Crippen LogP contribution is -2.50. The molecule has 1 saturated heterocycles. The van der Waals surface area contributed by atoms with Gasteiger partial charge in [-0.1, -0.05) is 11.2 Å². The molecule has 25 heavy (non-hydrogen) atoms. The minimum absolute atomic E-state index is 0.0363. The van der Waals surface area contributed by atoms with E-state index in [1.165, 1.54) is 0 Å². The van der Waals surface area contributed by atoms with Crippen molar-refractivity contribution < 1.29 is 18.8 Å². The fourth-order valence-corrected chi connectivity index (χ4v) is 2.89. The van der Waals surface area contributed by atoms with E-state index in [2.05, 4.69) is 15.5 Å². The number of hydrogen-bond donors (Lipinski definition) is 1. The maximum atomic E-state index is 12.3. The predicted molar refractivity (Wildman–Crippen MR) is 89.9 cm³/mol. The van der Waals surface area contributed by atoms with Crippen LogP contribution in [0.25, 0.3) is 0 Å². The molecular weight excluding hydrogens is 322 g/mol. The second kappa shape index (κ2) is 8.22. The molecule has 0 spiro atoms. The van der Waals surface area contributed by atoms with Crippen LogP contribution in [0.15, 0.2) is 29.0 Å². The average Bonchev–Trinajstić information content (AvgIpc) is 2.93. The second-order valence-electron chi connectivity index (χ2n) is 6.23. The lowest BCUT2D eigenvalue weighted by atomic mass is 10.1. The van der Waals surface area contributed by atoms with Gasteiger partial charge >= 0.3 is 0 Å². The Morgan fingerprint density at radius 2 is 2.32 bits per heavy atom. The van der Waals surface area contributed by atoms with Gasteiger partial charge in [-0.05, 0) is 31.9 Å². The third-order valence-electron chi connectivity index (χ3n) is 4.36. The van der Waals surface area contributed by atoms with Gasteiger partial charge in [-0.2, -0.15) is 0 Å². The van der Waals surface area contributed by atoms with E-state index in [1.807, 2.05) is 26.0 Å². The Labute approximate surface area is 146 Å². The van der Waals surface area contributed by atoms with Gasteiger partial charge in [0.15, 0.2) is 0 Å². The number of nitrogens with one attached hydrogen (secondary N) is 1. The molecule has 1 N–H and O–H groups in total. The fraction of sp³-hybridized carbons (Fsp3) is 0.500. The topological polar surface area (TPSA) is 86.5 Å². The summed E-state index contributed by atoms with van der Waals surface area (Å²) in [5.74, 6) is 0.720. The molecule has 1 amide bonds. The van der Waals surface area contributed by atoms with Crippen molar-refractivity contribution in [2.24, 2.45) is 0 Å². The molecule has 2 atom stereocenters. The van der Waals surface area contributed by atoms with Crippen LogP contribution in [0.1, 0.15) is 29.0 Å². The molecule has 0 aromatic carbocycles. The van der Waals surface area contributed by atoms with Crippen molar-refractivity contribution in [3.8, 4) is 0 Å². The smallest absolute Gasteiger partial charge is 0.224 e. The van der Waals surface area contributed by atoms with Crippen LogP contribution in [0.2, 0.25) is 0 Å². The van der Waals surface area contributed by atoms with Gasteiger partial charge in [-0.3, -0.25) is 9.78 Å². The van der Waals surface area contributed by atoms with Crippen LogP contribution in [0.4, 0.5) is 0 Å². The number of amides is 1. The van der Waals surface area contributed by atoms with Gasteiger partial charge in [0.2, 0.25) is 5.91 Å². The normalized spacial score (nSPS) is 20.4. The van der Waals surface area contributed by atoms with E-state index >= 15 is 0 Å². The quantitative estimate of drug-likeness (QED) is 0.858. The molecule has 134 valence electrons. The number of nitrogens with zero attached hydrogens (tertiary/aromatic N) is 2. The van der Waals surface area contributed by atoms with Crippen molar-refractivity contribution in [2.45, 2.75) is 45.4 Å². The minimum atomic E-state index is -0.194. The summed E-state index contributed by atoms with van der Waals surface area (Å²) >= 11 is 0. The van der Waals surface area contributed by atoms with Crippen LogP contribution in [-0.4, -0.2) is 41.4 Å². The highest BCUT2D eigenvalue weighted by atomic mass is 16.5. The maximum absolute atomic E-state index is 12.3. The Kier molecular flexibility index (Phi) is 5.78. The molecule has 0 unspecified atom stereocenters. The summed E-state index contributed by atoms with van der Waals surface area (Å²) < 4.78 is 16.7. The molecule has 1 aliphatic heterocycles.